The second kappa shape index (κ2) is 18.5. The highest BCUT2D eigenvalue weighted by Crippen LogP contribution is 2.37. The van der Waals surface area contributed by atoms with Crippen molar-refractivity contribution in [2.75, 3.05) is 27.3 Å². The largest absolute Gasteiger partial charge is 0.453 e. The molecule has 5 atom stereocenters. The van der Waals surface area contributed by atoms with Gasteiger partial charge in [0.25, 0.3) is 5.91 Å². The fourth-order valence-corrected chi connectivity index (χ4v) is 8.81. The van der Waals surface area contributed by atoms with Gasteiger partial charge < -0.3 is 40.1 Å². The van der Waals surface area contributed by atoms with Crippen molar-refractivity contribution >= 4 is 29.0 Å². The molecule has 0 saturated carbocycles. The van der Waals surface area contributed by atoms with Crippen molar-refractivity contribution in [2.24, 2.45) is 0 Å². The summed E-state index contributed by atoms with van der Waals surface area (Å²) < 4.78 is 9.70. The van der Waals surface area contributed by atoms with E-state index in [0.29, 0.717) is 24.5 Å². The van der Waals surface area contributed by atoms with E-state index in [0.717, 1.165) is 81.7 Å². The van der Waals surface area contributed by atoms with Gasteiger partial charge in [-0.15, -0.1) is 0 Å². The van der Waals surface area contributed by atoms with Crippen LogP contribution in [0.25, 0.3) is 44.7 Å². The maximum atomic E-state index is 13.9. The van der Waals surface area contributed by atoms with Crippen molar-refractivity contribution in [3.05, 3.63) is 145 Å². The number of pyridine rings is 2. The van der Waals surface area contributed by atoms with E-state index >= 15 is 0 Å². The molecule has 6 heterocycles. The van der Waals surface area contributed by atoms with E-state index in [1.54, 1.807) is 23.5 Å². The highest BCUT2D eigenvalue weighted by atomic mass is 16.5. The normalized spacial score (nSPS) is 17.8. The van der Waals surface area contributed by atoms with Gasteiger partial charge in [-0.05, 0) is 61.1 Å². The number of benzene rings is 3. The first kappa shape index (κ1) is 41.9. The summed E-state index contributed by atoms with van der Waals surface area (Å²) in [5.74, 6) is 1.17. The minimum absolute atomic E-state index is 0.188. The zero-order valence-corrected chi connectivity index (χ0v) is 35.3. The average Bonchev–Trinajstić information content (AvgIpc) is 4.20. The number of fused-ring (bicyclic) bond motifs is 1. The molecule has 0 bridgehead atoms. The number of H-pyrrole nitrogens is 2. The monoisotopic (exact) mass is 860 g/mol. The summed E-state index contributed by atoms with van der Waals surface area (Å²) in [6.45, 7) is 1.17. The van der Waals surface area contributed by atoms with E-state index in [2.05, 4.69) is 26.7 Å². The van der Waals surface area contributed by atoms with Crippen molar-refractivity contribution in [1.29, 1.82) is 0 Å². The van der Waals surface area contributed by atoms with Gasteiger partial charge in [0.1, 0.15) is 23.9 Å². The van der Waals surface area contributed by atoms with Crippen LogP contribution in [0.4, 0.5) is 9.59 Å². The van der Waals surface area contributed by atoms with Gasteiger partial charge in [0.05, 0.1) is 67.3 Å². The van der Waals surface area contributed by atoms with Crippen molar-refractivity contribution < 1.29 is 29.0 Å². The Bertz CT molecular complexity index is 2740. The fraction of sp³-hybridized carbons (Fsp3) is 0.271. The number of rotatable bonds is 12. The summed E-state index contributed by atoms with van der Waals surface area (Å²) >= 11 is 0. The van der Waals surface area contributed by atoms with Crippen LogP contribution in [0.1, 0.15) is 72.6 Å². The summed E-state index contributed by atoms with van der Waals surface area (Å²) in [6, 6.07) is 28.5. The highest BCUT2D eigenvalue weighted by Gasteiger charge is 2.39. The van der Waals surface area contributed by atoms with Gasteiger partial charge in [0, 0.05) is 47.6 Å². The molecule has 2 fully saturated rings. The number of carbonyl (C=O) groups excluding carboxylic acids is 3. The van der Waals surface area contributed by atoms with Gasteiger partial charge >= 0.3 is 12.2 Å². The van der Waals surface area contributed by atoms with Crippen LogP contribution in [-0.2, 0) is 14.3 Å². The first-order valence-corrected chi connectivity index (χ1v) is 21.3. The maximum absolute atomic E-state index is 13.9. The summed E-state index contributed by atoms with van der Waals surface area (Å²) in [4.78, 5) is 68.1. The molecule has 3 amide bonds. The molecule has 7 aromatic rings. The number of aromatic nitrogens is 6. The molecule has 2 aliphatic rings. The Morgan fingerprint density at radius 3 is 2.00 bits per heavy atom. The predicted octanol–water partition coefficient (Wildman–Crippen LogP) is 7.39. The first-order valence-electron chi connectivity index (χ1n) is 21.3. The lowest BCUT2D eigenvalue weighted by atomic mass is 10.0. The number of likely N-dealkylation sites (tertiary alicyclic amines) is 2. The topological polar surface area (TPSA) is 204 Å². The van der Waals surface area contributed by atoms with Crippen molar-refractivity contribution in [3.8, 4) is 33.8 Å². The van der Waals surface area contributed by atoms with Crippen molar-refractivity contribution in [2.45, 2.75) is 56.1 Å². The number of aromatic amines is 2. The summed E-state index contributed by atoms with van der Waals surface area (Å²) in [6.07, 6.45) is 8.03. The number of carbonyl (C=O) groups is 3. The minimum Gasteiger partial charge on any atom is -0.453 e. The molecule has 3 aromatic carbocycles. The van der Waals surface area contributed by atoms with Gasteiger partial charge in [0.15, 0.2) is 0 Å². The lowest BCUT2D eigenvalue weighted by Crippen LogP contribution is -2.46. The van der Waals surface area contributed by atoms with Crippen molar-refractivity contribution in [3.63, 3.8) is 0 Å². The Kier molecular flexibility index (Phi) is 12.1. The van der Waals surface area contributed by atoms with Crippen LogP contribution in [0.5, 0.6) is 0 Å². The van der Waals surface area contributed by atoms with Crippen LogP contribution >= 0.6 is 0 Å². The van der Waals surface area contributed by atoms with E-state index in [1.165, 1.54) is 14.2 Å². The van der Waals surface area contributed by atoms with Gasteiger partial charge in [-0.1, -0.05) is 72.8 Å². The number of imidazole rings is 2. The molecule has 0 aliphatic carbocycles. The van der Waals surface area contributed by atoms with Crippen LogP contribution in [-0.4, -0.2) is 96.4 Å². The van der Waals surface area contributed by atoms with E-state index in [4.69, 9.17) is 29.4 Å². The number of alkyl carbamates (subject to hydrolysis) is 2. The number of hydrogen-bond donors (Lipinski definition) is 5. The standard InChI is InChI=1S/C48H48N10O6/c1-63-47(61)55-41(29-11-5-3-6-12-29)45(59)57-21-9-15-39(57)43-51-27-37(53-43)33-19-20-35(49-25-33)32-18-17-31-23-34(26-50-36(31)24-32)38-28-52-44(54-38)40-16-10-22-58(40)46(60)42(56-48(62)64-2)30-13-7-4-8-14-30/h3-8,11-14,17-20,23-28,39-42,45,59H,9-10,15-16,21-22H2,1-2H3,(H,51,53)(H,52,54)(H,55,61)(H,56,62). The zero-order valence-electron chi connectivity index (χ0n) is 35.3. The lowest BCUT2D eigenvalue weighted by Gasteiger charge is -2.34. The summed E-state index contributed by atoms with van der Waals surface area (Å²) in [7, 11) is 2.58. The van der Waals surface area contributed by atoms with Gasteiger partial charge in [-0.25, -0.2) is 19.6 Å². The smallest absolute Gasteiger partial charge is 0.407 e. The molecular weight excluding hydrogens is 813 g/mol. The lowest BCUT2D eigenvalue weighted by molar-refractivity contribution is -0.134. The first-order chi connectivity index (χ1) is 31.3. The summed E-state index contributed by atoms with van der Waals surface area (Å²) in [5, 5.41) is 18.1. The number of methoxy groups -OCH3 is 2. The Morgan fingerprint density at radius 1 is 0.672 bits per heavy atom. The van der Waals surface area contributed by atoms with Gasteiger partial charge in [-0.3, -0.25) is 19.7 Å². The molecule has 5 unspecified atom stereocenters. The van der Waals surface area contributed by atoms with E-state index in [-0.39, 0.29) is 18.0 Å². The molecule has 16 nitrogen and oxygen atoms in total. The molecule has 2 saturated heterocycles. The zero-order chi connectivity index (χ0) is 44.2. The molecule has 326 valence electrons. The Morgan fingerprint density at radius 2 is 1.30 bits per heavy atom. The molecule has 16 heteroatoms. The van der Waals surface area contributed by atoms with Crippen LogP contribution in [0.3, 0.4) is 0 Å². The average molecular weight is 861 g/mol. The number of nitrogens with one attached hydrogen (secondary N) is 4. The van der Waals surface area contributed by atoms with Crippen LogP contribution in [0, 0.1) is 0 Å². The predicted molar refractivity (Wildman–Crippen MR) is 238 cm³/mol. The number of amides is 3. The molecule has 64 heavy (non-hydrogen) atoms. The van der Waals surface area contributed by atoms with Gasteiger partial charge in [-0.2, -0.15) is 0 Å². The highest BCUT2D eigenvalue weighted by molar-refractivity contribution is 5.88. The number of hydrogen-bond acceptors (Lipinski definition) is 11. The number of aliphatic hydroxyl groups excluding tert-OH is 1. The molecule has 0 spiro atoms. The minimum atomic E-state index is -1.02. The third-order valence-electron chi connectivity index (χ3n) is 12.1. The molecule has 2 aliphatic heterocycles. The van der Waals surface area contributed by atoms with E-state index in [9.17, 15) is 19.5 Å². The third kappa shape index (κ3) is 8.65. The van der Waals surface area contributed by atoms with Crippen LogP contribution in [0.2, 0.25) is 0 Å². The Hall–Kier alpha value is -7.43. The number of nitrogens with zero attached hydrogens (tertiary/aromatic N) is 6. The fourth-order valence-electron chi connectivity index (χ4n) is 8.81. The third-order valence-corrected chi connectivity index (χ3v) is 12.1. The Labute approximate surface area is 369 Å². The van der Waals surface area contributed by atoms with Crippen LogP contribution < -0.4 is 10.6 Å². The maximum Gasteiger partial charge on any atom is 0.407 e. The van der Waals surface area contributed by atoms with E-state index < -0.39 is 30.5 Å². The molecule has 5 N–H and O–H groups in total. The second-order valence-electron chi connectivity index (χ2n) is 15.9. The second-order valence-corrected chi connectivity index (χ2v) is 15.9. The quantitative estimate of drug-likeness (QED) is 0.0820. The number of aliphatic hydroxyl groups is 1. The van der Waals surface area contributed by atoms with Gasteiger partial charge in [0.2, 0.25) is 0 Å². The molecular formula is C48H48N10O6. The number of ether oxygens (including phenoxy) is 2. The molecule has 0 radical (unpaired) electrons. The molecule has 9 rings (SSSR count). The van der Waals surface area contributed by atoms with Crippen molar-refractivity contribution in [1.82, 2.24) is 50.3 Å². The SMILES string of the molecule is COC(=O)NC(C(=O)N1CCCC1c1ncc(-c2cnc3cc(-c4ccc(-c5cnc(C6CCCN6C(O)C(NC(=O)OC)c6ccccc6)[nH]5)cn4)ccc3c2)[nH]1)c1ccccc1. The molecule has 4 aromatic heterocycles. The van der Waals surface area contributed by atoms with E-state index in [1.807, 2.05) is 102 Å². The Balaban J connectivity index is 0.874. The summed E-state index contributed by atoms with van der Waals surface area (Å²) in [5.41, 5.74) is 7.25. The van der Waals surface area contributed by atoms with Crippen LogP contribution in [0.15, 0.2) is 122 Å².